The molecule has 0 heterocycles. The number of allylic oxidation sites excluding steroid dienone is 4. The summed E-state index contributed by atoms with van der Waals surface area (Å²) in [6.45, 7) is 11.1. The first kappa shape index (κ1) is 42.6. The van der Waals surface area contributed by atoms with E-state index >= 15 is 0 Å². The van der Waals surface area contributed by atoms with Gasteiger partial charge in [0.15, 0.2) is 23.1 Å². The van der Waals surface area contributed by atoms with E-state index in [1.165, 1.54) is 4.90 Å². The molecule has 5 rings (SSSR count). The summed E-state index contributed by atoms with van der Waals surface area (Å²) >= 11 is 0. The lowest BCUT2D eigenvalue weighted by molar-refractivity contribution is -0.138. The van der Waals surface area contributed by atoms with Gasteiger partial charge in [0.05, 0.1) is 11.1 Å². The molecular formula is C44H54N4O9. The highest BCUT2D eigenvalue weighted by Crippen LogP contribution is 2.44. The first-order valence-electron chi connectivity index (χ1n) is 19.5. The van der Waals surface area contributed by atoms with Gasteiger partial charge in [-0.05, 0) is 53.4 Å². The van der Waals surface area contributed by atoms with Crippen LogP contribution in [0.2, 0.25) is 0 Å². The average Bonchev–Trinajstić information content (AvgIpc) is 3.43. The Morgan fingerprint density at radius 3 is 1.58 bits per heavy atom. The Labute approximate surface area is 333 Å². The van der Waals surface area contributed by atoms with Gasteiger partial charge in [0.1, 0.15) is 12.6 Å². The van der Waals surface area contributed by atoms with E-state index in [2.05, 4.69) is 16.0 Å². The van der Waals surface area contributed by atoms with Crippen LogP contribution in [0, 0.1) is 10.8 Å². The Hall–Kier alpha value is -5.59. The molecule has 13 heteroatoms. The van der Waals surface area contributed by atoms with Gasteiger partial charge in [-0.3, -0.25) is 28.8 Å². The number of carbonyl (C=O) groups is 7. The molecule has 13 nitrogen and oxygen atoms in total. The van der Waals surface area contributed by atoms with Crippen LogP contribution < -0.4 is 16.0 Å². The SMILES string of the molecule is CC(NCCN(CCNC(C)=C1C(=O)CC(C)(C)CC1=O)C(=O)C(CCC(=O)O)NC(=O)OCC1c2ccccc2-c2ccccc21)=C1C(=O)CC(C)(C)CC1=O. The number of hydrogen-bond donors (Lipinski definition) is 4. The number of benzene rings is 2. The fourth-order valence-electron chi connectivity index (χ4n) is 8.16. The minimum atomic E-state index is -1.27. The van der Waals surface area contributed by atoms with Crippen molar-refractivity contribution in [2.45, 2.75) is 92.0 Å². The molecule has 2 aromatic rings. The quantitative estimate of drug-likeness (QED) is 0.137. The summed E-state index contributed by atoms with van der Waals surface area (Å²) in [6.07, 6.45) is -0.601. The fourth-order valence-corrected chi connectivity index (χ4v) is 8.16. The number of nitrogens with zero attached hydrogens (tertiary/aromatic N) is 1. The van der Waals surface area contributed by atoms with E-state index in [0.717, 1.165) is 22.3 Å². The molecule has 0 aliphatic heterocycles. The van der Waals surface area contributed by atoms with Crippen LogP contribution in [0.4, 0.5) is 4.79 Å². The maximum Gasteiger partial charge on any atom is 0.407 e. The number of hydrogen-bond acceptors (Lipinski definition) is 10. The summed E-state index contributed by atoms with van der Waals surface area (Å²) in [4.78, 5) is 92.4. The summed E-state index contributed by atoms with van der Waals surface area (Å²) in [7, 11) is 0. The number of alkyl carbamates (subject to hydrolysis) is 1. The van der Waals surface area contributed by atoms with Gasteiger partial charge in [0.2, 0.25) is 5.91 Å². The Bertz CT molecular complexity index is 1870. The number of ketones is 4. The minimum absolute atomic E-state index is 0.0115. The normalized spacial score (nSPS) is 17.6. The van der Waals surface area contributed by atoms with Crippen LogP contribution in [0.1, 0.15) is 97.1 Å². The summed E-state index contributed by atoms with van der Waals surface area (Å²) in [5.74, 6) is -2.98. The number of rotatable bonds is 15. The second-order valence-corrected chi connectivity index (χ2v) is 16.9. The van der Waals surface area contributed by atoms with Gasteiger partial charge in [-0.15, -0.1) is 0 Å². The molecule has 0 saturated heterocycles. The van der Waals surface area contributed by atoms with E-state index in [1.54, 1.807) is 13.8 Å². The number of amides is 2. The molecule has 57 heavy (non-hydrogen) atoms. The lowest BCUT2D eigenvalue weighted by Gasteiger charge is -2.31. The minimum Gasteiger partial charge on any atom is -0.481 e. The zero-order valence-corrected chi connectivity index (χ0v) is 33.7. The zero-order chi connectivity index (χ0) is 41.7. The predicted molar refractivity (Wildman–Crippen MR) is 213 cm³/mol. The van der Waals surface area contributed by atoms with E-state index in [1.807, 2.05) is 76.2 Å². The van der Waals surface area contributed by atoms with Crippen LogP contribution >= 0.6 is 0 Å². The highest BCUT2D eigenvalue weighted by atomic mass is 16.5. The van der Waals surface area contributed by atoms with Gasteiger partial charge in [-0.25, -0.2) is 4.79 Å². The lowest BCUT2D eigenvalue weighted by Crippen LogP contribution is -2.51. The number of carboxylic acid groups (broad SMARTS) is 1. The van der Waals surface area contributed by atoms with Gasteiger partial charge in [0.25, 0.3) is 0 Å². The van der Waals surface area contributed by atoms with E-state index in [0.29, 0.717) is 11.4 Å². The number of nitrogens with one attached hydrogen (secondary N) is 3. The third kappa shape index (κ3) is 10.4. The lowest BCUT2D eigenvalue weighted by atomic mass is 9.73. The fraction of sp³-hybridized carbons (Fsp3) is 0.477. The molecule has 2 amide bonds. The van der Waals surface area contributed by atoms with Crippen molar-refractivity contribution >= 4 is 41.1 Å². The summed E-state index contributed by atoms with van der Waals surface area (Å²) in [5.41, 5.74) is 4.24. The van der Waals surface area contributed by atoms with Crippen molar-refractivity contribution < 1.29 is 43.4 Å². The Morgan fingerprint density at radius 1 is 0.737 bits per heavy atom. The first-order chi connectivity index (χ1) is 26.9. The highest BCUT2D eigenvalue weighted by Gasteiger charge is 2.38. The summed E-state index contributed by atoms with van der Waals surface area (Å²) in [5, 5.41) is 18.4. The molecule has 4 N–H and O–H groups in total. The van der Waals surface area contributed by atoms with Crippen molar-refractivity contribution in [2.24, 2.45) is 10.8 Å². The second-order valence-electron chi connectivity index (χ2n) is 16.9. The molecule has 0 radical (unpaired) electrons. The average molecular weight is 783 g/mol. The maximum absolute atomic E-state index is 14.3. The van der Waals surface area contributed by atoms with Crippen molar-refractivity contribution in [1.82, 2.24) is 20.9 Å². The van der Waals surface area contributed by atoms with Crippen LogP contribution in [0.25, 0.3) is 11.1 Å². The molecule has 2 saturated carbocycles. The molecule has 1 unspecified atom stereocenters. The van der Waals surface area contributed by atoms with Gasteiger partial charge >= 0.3 is 12.1 Å². The number of fused-ring (bicyclic) bond motifs is 3. The largest absolute Gasteiger partial charge is 0.481 e. The summed E-state index contributed by atoms with van der Waals surface area (Å²) in [6, 6.07) is 14.5. The van der Waals surface area contributed by atoms with Gasteiger partial charge in [-0.2, -0.15) is 0 Å². The Morgan fingerprint density at radius 2 is 1.16 bits per heavy atom. The molecule has 3 aliphatic rings. The van der Waals surface area contributed by atoms with Crippen molar-refractivity contribution in [3.8, 4) is 11.1 Å². The maximum atomic E-state index is 14.3. The third-order valence-electron chi connectivity index (χ3n) is 10.9. The van der Waals surface area contributed by atoms with Crippen LogP contribution in [-0.4, -0.2) is 89.9 Å². The van der Waals surface area contributed by atoms with Crippen LogP contribution in [0.3, 0.4) is 0 Å². The molecule has 0 aromatic heterocycles. The van der Waals surface area contributed by atoms with Gasteiger partial charge < -0.3 is 30.7 Å². The van der Waals surface area contributed by atoms with Crippen LogP contribution in [0.15, 0.2) is 71.1 Å². The van der Waals surface area contributed by atoms with E-state index in [-0.39, 0.29) is 105 Å². The zero-order valence-electron chi connectivity index (χ0n) is 33.7. The number of aliphatic carboxylic acids is 1. The highest BCUT2D eigenvalue weighted by molar-refractivity contribution is 6.23. The monoisotopic (exact) mass is 782 g/mol. The number of ether oxygens (including phenoxy) is 1. The standard InChI is InChI=1S/C44H54N4O9/c1-26(39-34(49)21-43(3,4)22-35(39)50)45-17-19-48(20-18-46-27(2)40-36(51)23-44(5,6)24-37(40)52)41(55)33(15-16-38(53)54)47-42(56)57-25-32-30-13-9-7-11-28(30)29-12-8-10-14-31(29)32/h7-14,32-33,45-46H,15-25H2,1-6H3,(H,47,56)(H,53,54). The molecule has 1 atom stereocenters. The number of carboxylic acids is 1. The van der Waals surface area contributed by atoms with Crippen LogP contribution in [0.5, 0.6) is 0 Å². The number of carbonyl (C=O) groups excluding carboxylic acids is 6. The third-order valence-corrected chi connectivity index (χ3v) is 10.9. The van der Waals surface area contributed by atoms with E-state index < -0.39 is 41.3 Å². The molecule has 2 fully saturated rings. The molecule has 2 aromatic carbocycles. The molecule has 0 bridgehead atoms. The molecule has 304 valence electrons. The summed E-state index contributed by atoms with van der Waals surface area (Å²) < 4.78 is 5.70. The second kappa shape index (κ2) is 17.7. The molecular weight excluding hydrogens is 729 g/mol. The van der Waals surface area contributed by atoms with Crippen molar-refractivity contribution in [3.63, 3.8) is 0 Å². The Kier molecular flexibility index (Phi) is 13.2. The van der Waals surface area contributed by atoms with Crippen molar-refractivity contribution in [2.75, 3.05) is 32.8 Å². The van der Waals surface area contributed by atoms with E-state index in [4.69, 9.17) is 4.74 Å². The molecule has 0 spiro atoms. The molecule has 3 aliphatic carbocycles. The topological polar surface area (TPSA) is 188 Å². The van der Waals surface area contributed by atoms with Gasteiger partial charge in [-0.1, -0.05) is 76.2 Å². The predicted octanol–water partition coefficient (Wildman–Crippen LogP) is 5.23. The van der Waals surface area contributed by atoms with Crippen molar-refractivity contribution in [1.29, 1.82) is 0 Å². The van der Waals surface area contributed by atoms with E-state index in [9.17, 15) is 38.7 Å². The Balaban J connectivity index is 1.31. The van der Waals surface area contributed by atoms with Gasteiger partial charge in [0, 0.05) is 75.6 Å². The smallest absolute Gasteiger partial charge is 0.407 e. The number of Topliss-reactive ketones (excluding diaryl/α,β-unsaturated/α-hetero) is 4. The van der Waals surface area contributed by atoms with Crippen molar-refractivity contribution in [3.05, 3.63) is 82.2 Å². The van der Waals surface area contributed by atoms with Crippen LogP contribution in [-0.2, 0) is 33.5 Å². The first-order valence-corrected chi connectivity index (χ1v) is 19.5.